The lowest BCUT2D eigenvalue weighted by Crippen LogP contribution is -2.33. The third-order valence-electron chi connectivity index (χ3n) is 2.94. The summed E-state index contributed by atoms with van der Waals surface area (Å²) in [4.78, 5) is 22.3. The fourth-order valence-corrected chi connectivity index (χ4v) is 1.94. The Morgan fingerprint density at radius 3 is 2.94 bits per heavy atom. The van der Waals surface area contributed by atoms with Gasteiger partial charge in [-0.1, -0.05) is 6.92 Å². The van der Waals surface area contributed by atoms with Crippen molar-refractivity contribution in [3.8, 4) is 5.75 Å². The van der Waals surface area contributed by atoms with Crippen molar-refractivity contribution >= 4 is 17.5 Å². The number of aryl methyl sites for hydroxylation is 1. The summed E-state index contributed by atoms with van der Waals surface area (Å²) in [6.45, 7) is 1.84. The Morgan fingerprint density at radius 2 is 2.28 bits per heavy atom. The lowest BCUT2D eigenvalue weighted by atomic mass is 10.0. The molecule has 5 heteroatoms. The predicted octanol–water partition coefficient (Wildman–Crippen LogP) is 1.21. The van der Waals surface area contributed by atoms with E-state index in [0.717, 1.165) is 11.3 Å². The molecular formula is C13H16N2O3. The summed E-state index contributed by atoms with van der Waals surface area (Å²) >= 11 is 0. The van der Waals surface area contributed by atoms with Crippen molar-refractivity contribution in [1.82, 2.24) is 0 Å². The first-order chi connectivity index (χ1) is 8.60. The number of amides is 2. The monoisotopic (exact) mass is 248 g/mol. The molecule has 0 radical (unpaired) electrons. The zero-order chi connectivity index (χ0) is 13.1. The van der Waals surface area contributed by atoms with Gasteiger partial charge in [0.25, 0.3) is 5.91 Å². The fraction of sp³-hybridized carbons (Fsp3) is 0.385. The number of hydrogen-bond donors (Lipinski definition) is 2. The molecule has 3 N–H and O–H groups in total. The van der Waals surface area contributed by atoms with Crippen LogP contribution in [-0.2, 0) is 16.0 Å². The molecule has 1 aliphatic heterocycles. The van der Waals surface area contributed by atoms with Gasteiger partial charge < -0.3 is 15.8 Å². The van der Waals surface area contributed by atoms with Gasteiger partial charge in [0.05, 0.1) is 0 Å². The number of nitrogens with two attached hydrogens (primary N) is 1. The van der Waals surface area contributed by atoms with E-state index in [9.17, 15) is 9.59 Å². The highest BCUT2D eigenvalue weighted by atomic mass is 16.5. The van der Waals surface area contributed by atoms with Crippen molar-refractivity contribution in [2.75, 3.05) is 5.32 Å². The van der Waals surface area contributed by atoms with Crippen LogP contribution in [0.25, 0.3) is 0 Å². The minimum atomic E-state index is -0.610. The highest BCUT2D eigenvalue weighted by molar-refractivity contribution is 5.94. The fourth-order valence-electron chi connectivity index (χ4n) is 1.94. The molecule has 1 aromatic rings. The van der Waals surface area contributed by atoms with Crippen LogP contribution in [0.3, 0.4) is 0 Å². The molecule has 1 aromatic carbocycles. The van der Waals surface area contributed by atoms with Crippen molar-refractivity contribution in [2.45, 2.75) is 32.3 Å². The Morgan fingerprint density at radius 1 is 1.50 bits per heavy atom. The number of hydrogen-bond acceptors (Lipinski definition) is 3. The van der Waals surface area contributed by atoms with Crippen LogP contribution < -0.4 is 15.8 Å². The van der Waals surface area contributed by atoms with Crippen LogP contribution in [0, 0.1) is 0 Å². The summed E-state index contributed by atoms with van der Waals surface area (Å²) in [7, 11) is 0. The van der Waals surface area contributed by atoms with E-state index in [-0.39, 0.29) is 5.91 Å². The maximum atomic E-state index is 11.2. The molecule has 0 spiro atoms. The van der Waals surface area contributed by atoms with Gasteiger partial charge in [-0.05, 0) is 36.6 Å². The molecule has 0 bridgehead atoms. The Labute approximate surface area is 105 Å². The summed E-state index contributed by atoms with van der Waals surface area (Å²) in [5.74, 6) is 0.166. The number of primary amides is 1. The summed E-state index contributed by atoms with van der Waals surface area (Å²) in [6.07, 6.45) is 1.08. The van der Waals surface area contributed by atoms with Gasteiger partial charge in [-0.25, -0.2) is 0 Å². The number of rotatable bonds is 4. The van der Waals surface area contributed by atoms with Gasteiger partial charge in [0.2, 0.25) is 5.91 Å². The van der Waals surface area contributed by atoms with Gasteiger partial charge in [0.1, 0.15) is 5.75 Å². The van der Waals surface area contributed by atoms with E-state index in [1.807, 2.05) is 13.0 Å². The van der Waals surface area contributed by atoms with Gasteiger partial charge in [-0.15, -0.1) is 0 Å². The van der Waals surface area contributed by atoms with Gasteiger partial charge in [0.15, 0.2) is 6.10 Å². The zero-order valence-corrected chi connectivity index (χ0v) is 10.2. The van der Waals surface area contributed by atoms with Crippen LogP contribution in [0.5, 0.6) is 5.75 Å². The Bertz CT molecular complexity index is 485. The highest BCUT2D eigenvalue weighted by Gasteiger charge is 2.18. The average molecular weight is 248 g/mol. The second kappa shape index (κ2) is 5.08. The second-order valence-corrected chi connectivity index (χ2v) is 4.28. The van der Waals surface area contributed by atoms with Gasteiger partial charge in [-0.3, -0.25) is 9.59 Å². The van der Waals surface area contributed by atoms with Crippen molar-refractivity contribution in [2.24, 2.45) is 5.73 Å². The third-order valence-corrected chi connectivity index (χ3v) is 2.94. The molecule has 2 amide bonds. The molecule has 96 valence electrons. The number of nitrogens with one attached hydrogen (secondary N) is 1. The summed E-state index contributed by atoms with van der Waals surface area (Å²) in [5.41, 5.74) is 7.06. The van der Waals surface area contributed by atoms with E-state index < -0.39 is 12.0 Å². The van der Waals surface area contributed by atoms with Crippen LogP contribution in [0.2, 0.25) is 0 Å². The number of benzene rings is 1. The molecule has 0 aliphatic carbocycles. The number of fused-ring (bicyclic) bond motifs is 1. The van der Waals surface area contributed by atoms with Crippen LogP contribution in [0.15, 0.2) is 18.2 Å². The molecule has 5 nitrogen and oxygen atoms in total. The molecule has 1 atom stereocenters. The number of carbonyl (C=O) groups is 2. The summed E-state index contributed by atoms with van der Waals surface area (Å²) in [6, 6.07) is 5.37. The van der Waals surface area contributed by atoms with Crippen molar-refractivity contribution in [3.63, 3.8) is 0 Å². The van der Waals surface area contributed by atoms with Crippen LogP contribution in [-0.4, -0.2) is 17.9 Å². The summed E-state index contributed by atoms with van der Waals surface area (Å²) in [5, 5.41) is 2.79. The Hall–Kier alpha value is -2.04. The maximum Gasteiger partial charge on any atom is 0.258 e. The second-order valence-electron chi connectivity index (χ2n) is 4.28. The van der Waals surface area contributed by atoms with Gasteiger partial charge >= 0.3 is 0 Å². The lowest BCUT2D eigenvalue weighted by molar-refractivity contribution is -0.124. The van der Waals surface area contributed by atoms with E-state index in [4.69, 9.17) is 10.5 Å². The topological polar surface area (TPSA) is 81.4 Å². The smallest absolute Gasteiger partial charge is 0.258 e. The minimum Gasteiger partial charge on any atom is -0.481 e. The zero-order valence-electron chi connectivity index (χ0n) is 10.2. The normalized spacial score (nSPS) is 15.5. The predicted molar refractivity (Wildman–Crippen MR) is 67.3 cm³/mol. The van der Waals surface area contributed by atoms with Crippen LogP contribution in [0.4, 0.5) is 5.69 Å². The van der Waals surface area contributed by atoms with Crippen molar-refractivity contribution in [1.29, 1.82) is 0 Å². The Balaban J connectivity index is 2.16. The standard InChI is InChI=1S/C13H16N2O3/c1-2-11(13(14)17)18-9-4-5-10-8(7-9)3-6-12(16)15-10/h4-5,7,11H,2-3,6H2,1H3,(H2,14,17)(H,15,16). The first-order valence-electron chi connectivity index (χ1n) is 5.99. The largest absolute Gasteiger partial charge is 0.481 e. The SMILES string of the molecule is CCC(Oc1ccc2c(c1)CCC(=O)N2)C(N)=O. The average Bonchev–Trinajstić information content (AvgIpc) is 2.35. The Kier molecular flexibility index (Phi) is 3.50. The van der Waals surface area contributed by atoms with Crippen molar-refractivity contribution < 1.29 is 14.3 Å². The number of anilines is 1. The molecule has 0 fully saturated rings. The first-order valence-corrected chi connectivity index (χ1v) is 5.99. The first kappa shape index (κ1) is 12.4. The molecule has 1 unspecified atom stereocenters. The van der Waals surface area contributed by atoms with E-state index in [1.165, 1.54) is 0 Å². The third kappa shape index (κ3) is 2.61. The highest BCUT2D eigenvalue weighted by Crippen LogP contribution is 2.27. The van der Waals surface area contributed by atoms with E-state index in [2.05, 4.69) is 5.32 Å². The maximum absolute atomic E-state index is 11.2. The van der Waals surface area contributed by atoms with E-state index in [1.54, 1.807) is 12.1 Å². The molecule has 0 saturated heterocycles. The minimum absolute atomic E-state index is 0.0275. The molecule has 0 aromatic heterocycles. The molecule has 0 saturated carbocycles. The molecular weight excluding hydrogens is 232 g/mol. The van der Waals surface area contributed by atoms with Crippen molar-refractivity contribution in [3.05, 3.63) is 23.8 Å². The van der Waals surface area contributed by atoms with E-state index in [0.29, 0.717) is 25.0 Å². The molecule has 18 heavy (non-hydrogen) atoms. The molecule has 1 aliphatic rings. The van der Waals surface area contributed by atoms with E-state index >= 15 is 0 Å². The van der Waals surface area contributed by atoms with Crippen LogP contribution in [0.1, 0.15) is 25.3 Å². The number of carbonyl (C=O) groups excluding carboxylic acids is 2. The summed E-state index contributed by atoms with van der Waals surface area (Å²) < 4.78 is 5.53. The quantitative estimate of drug-likeness (QED) is 0.840. The lowest BCUT2D eigenvalue weighted by Gasteiger charge is -2.19. The van der Waals surface area contributed by atoms with Gasteiger partial charge in [-0.2, -0.15) is 0 Å². The molecule has 2 rings (SSSR count). The number of ether oxygens (including phenoxy) is 1. The van der Waals surface area contributed by atoms with Gasteiger partial charge in [0, 0.05) is 12.1 Å². The molecule has 1 heterocycles. The van der Waals surface area contributed by atoms with Crippen LogP contribution >= 0.6 is 0 Å².